The molecular formula is C13H22N4O. The van der Waals surface area contributed by atoms with Gasteiger partial charge in [0.2, 0.25) is 5.91 Å². The topological polar surface area (TPSA) is 50.2 Å². The van der Waals surface area contributed by atoms with Crippen LogP contribution < -0.4 is 5.32 Å². The highest BCUT2D eigenvalue weighted by Gasteiger charge is 2.30. The van der Waals surface area contributed by atoms with Crippen molar-refractivity contribution in [2.45, 2.75) is 32.2 Å². The number of hydrogen-bond acceptors (Lipinski definition) is 3. The van der Waals surface area contributed by atoms with Gasteiger partial charge in [0.1, 0.15) is 5.82 Å². The molecule has 5 nitrogen and oxygen atoms in total. The molecule has 1 N–H and O–H groups in total. The average molecular weight is 250 g/mol. The van der Waals surface area contributed by atoms with Gasteiger partial charge in [-0.05, 0) is 19.4 Å². The predicted molar refractivity (Wildman–Crippen MR) is 70.2 cm³/mol. The predicted octanol–water partition coefficient (Wildman–Crippen LogP) is 0.563. The molecule has 1 fully saturated rings. The van der Waals surface area contributed by atoms with Gasteiger partial charge in [-0.2, -0.15) is 0 Å². The van der Waals surface area contributed by atoms with Gasteiger partial charge in [0.25, 0.3) is 0 Å². The Balaban J connectivity index is 1.81. The van der Waals surface area contributed by atoms with E-state index in [9.17, 15) is 4.79 Å². The largest absolute Gasteiger partial charge is 0.341 e. The van der Waals surface area contributed by atoms with Gasteiger partial charge in [0, 0.05) is 39.0 Å². The fraction of sp³-hybridized carbons (Fsp3) is 0.692. The summed E-state index contributed by atoms with van der Waals surface area (Å²) in [4.78, 5) is 18.3. The SMILES string of the molecule is CCCNC1CCN(CCc2nccn2C)C1=O. The van der Waals surface area contributed by atoms with Crippen LogP contribution in [0.1, 0.15) is 25.6 Å². The van der Waals surface area contributed by atoms with E-state index in [1.165, 1.54) is 0 Å². The minimum absolute atomic E-state index is 0.0336. The van der Waals surface area contributed by atoms with E-state index >= 15 is 0 Å². The molecule has 1 aliphatic rings. The Labute approximate surface area is 108 Å². The van der Waals surface area contributed by atoms with Gasteiger partial charge >= 0.3 is 0 Å². The van der Waals surface area contributed by atoms with Gasteiger partial charge in [-0.1, -0.05) is 6.92 Å². The third kappa shape index (κ3) is 2.90. The number of carbonyl (C=O) groups is 1. The summed E-state index contributed by atoms with van der Waals surface area (Å²) >= 11 is 0. The van der Waals surface area contributed by atoms with Crippen LogP contribution in [0.4, 0.5) is 0 Å². The highest BCUT2D eigenvalue weighted by atomic mass is 16.2. The quantitative estimate of drug-likeness (QED) is 0.803. The Morgan fingerprint density at radius 3 is 3.06 bits per heavy atom. The molecule has 1 aromatic rings. The van der Waals surface area contributed by atoms with Crippen LogP contribution in [0.25, 0.3) is 0 Å². The summed E-state index contributed by atoms with van der Waals surface area (Å²) in [6.07, 6.45) is 6.56. The lowest BCUT2D eigenvalue weighted by Crippen LogP contribution is -2.39. The van der Waals surface area contributed by atoms with Gasteiger partial charge in [0.05, 0.1) is 6.04 Å². The number of carbonyl (C=O) groups excluding carboxylic acids is 1. The van der Waals surface area contributed by atoms with Crippen molar-refractivity contribution in [3.63, 3.8) is 0 Å². The molecule has 1 atom stereocenters. The standard InChI is InChI=1S/C13H22N4O/c1-3-6-14-11-4-8-17(13(11)18)9-5-12-15-7-10-16(12)2/h7,10-11,14H,3-6,8-9H2,1-2H3. The van der Waals surface area contributed by atoms with E-state index in [0.29, 0.717) is 0 Å². The second-order valence-electron chi connectivity index (χ2n) is 4.83. The van der Waals surface area contributed by atoms with Crippen LogP contribution in [-0.4, -0.2) is 46.0 Å². The van der Waals surface area contributed by atoms with Gasteiger partial charge in [-0.15, -0.1) is 0 Å². The van der Waals surface area contributed by atoms with Crippen LogP contribution in [0.3, 0.4) is 0 Å². The maximum absolute atomic E-state index is 12.1. The Kier molecular flexibility index (Phi) is 4.36. The van der Waals surface area contributed by atoms with E-state index in [1.54, 1.807) is 6.20 Å². The molecule has 1 amide bonds. The van der Waals surface area contributed by atoms with Crippen molar-refractivity contribution < 1.29 is 4.79 Å². The molecule has 18 heavy (non-hydrogen) atoms. The lowest BCUT2D eigenvalue weighted by molar-refractivity contribution is -0.129. The number of rotatable bonds is 6. The van der Waals surface area contributed by atoms with E-state index in [2.05, 4.69) is 17.2 Å². The second kappa shape index (κ2) is 6.00. The first-order valence-electron chi connectivity index (χ1n) is 6.70. The number of nitrogens with zero attached hydrogens (tertiary/aromatic N) is 3. The first kappa shape index (κ1) is 13.1. The first-order valence-corrected chi connectivity index (χ1v) is 6.70. The Morgan fingerprint density at radius 2 is 2.39 bits per heavy atom. The fourth-order valence-electron chi connectivity index (χ4n) is 2.34. The molecule has 5 heteroatoms. The molecule has 1 aliphatic heterocycles. The van der Waals surface area contributed by atoms with Crippen LogP contribution in [0.2, 0.25) is 0 Å². The number of likely N-dealkylation sites (tertiary alicyclic amines) is 1. The molecule has 0 saturated carbocycles. The molecule has 0 spiro atoms. The van der Waals surface area contributed by atoms with E-state index in [0.717, 1.165) is 44.7 Å². The number of imidazole rings is 1. The monoisotopic (exact) mass is 250 g/mol. The summed E-state index contributed by atoms with van der Waals surface area (Å²) in [5.41, 5.74) is 0. The van der Waals surface area contributed by atoms with Crippen molar-refractivity contribution in [1.29, 1.82) is 0 Å². The summed E-state index contributed by atoms with van der Waals surface area (Å²) in [5, 5.41) is 3.30. The molecule has 1 unspecified atom stereocenters. The van der Waals surface area contributed by atoms with Gasteiger partial charge in [-0.25, -0.2) is 4.98 Å². The molecule has 0 radical (unpaired) electrons. The van der Waals surface area contributed by atoms with Crippen LogP contribution >= 0.6 is 0 Å². The molecule has 2 heterocycles. The minimum atomic E-state index is 0.0336. The summed E-state index contributed by atoms with van der Waals surface area (Å²) < 4.78 is 2.01. The Morgan fingerprint density at radius 1 is 1.56 bits per heavy atom. The van der Waals surface area contributed by atoms with Crippen molar-refractivity contribution in [1.82, 2.24) is 19.8 Å². The van der Waals surface area contributed by atoms with Crippen LogP contribution in [0, 0.1) is 0 Å². The van der Waals surface area contributed by atoms with E-state index < -0.39 is 0 Å². The lowest BCUT2D eigenvalue weighted by atomic mass is 10.2. The number of hydrogen-bond donors (Lipinski definition) is 1. The summed E-state index contributed by atoms with van der Waals surface area (Å²) in [6, 6.07) is 0.0336. The maximum Gasteiger partial charge on any atom is 0.239 e. The van der Waals surface area contributed by atoms with Crippen LogP contribution in [0.15, 0.2) is 12.4 Å². The molecule has 100 valence electrons. The smallest absolute Gasteiger partial charge is 0.239 e. The number of amides is 1. The van der Waals surface area contributed by atoms with Gasteiger partial charge in [-0.3, -0.25) is 4.79 Å². The zero-order valence-corrected chi connectivity index (χ0v) is 11.2. The Bertz CT molecular complexity index is 401. The third-order valence-electron chi connectivity index (χ3n) is 3.46. The van der Waals surface area contributed by atoms with Crippen molar-refractivity contribution in [2.24, 2.45) is 7.05 Å². The van der Waals surface area contributed by atoms with E-state index in [-0.39, 0.29) is 11.9 Å². The van der Waals surface area contributed by atoms with Crippen LogP contribution in [-0.2, 0) is 18.3 Å². The zero-order chi connectivity index (χ0) is 13.0. The van der Waals surface area contributed by atoms with Gasteiger partial charge in [0.15, 0.2) is 0 Å². The fourth-order valence-corrected chi connectivity index (χ4v) is 2.34. The molecule has 0 aliphatic carbocycles. The van der Waals surface area contributed by atoms with Gasteiger partial charge < -0.3 is 14.8 Å². The molecule has 0 aromatic carbocycles. The second-order valence-corrected chi connectivity index (χ2v) is 4.83. The number of aromatic nitrogens is 2. The van der Waals surface area contributed by atoms with E-state index in [1.807, 2.05) is 22.7 Å². The van der Waals surface area contributed by atoms with Crippen molar-refractivity contribution in [3.05, 3.63) is 18.2 Å². The summed E-state index contributed by atoms with van der Waals surface area (Å²) in [6.45, 7) is 4.67. The summed E-state index contributed by atoms with van der Waals surface area (Å²) in [7, 11) is 1.99. The molecule has 2 rings (SSSR count). The van der Waals surface area contributed by atoms with E-state index in [4.69, 9.17) is 0 Å². The number of nitrogens with one attached hydrogen (secondary N) is 1. The van der Waals surface area contributed by atoms with Crippen molar-refractivity contribution >= 4 is 5.91 Å². The molecule has 0 bridgehead atoms. The molecular weight excluding hydrogens is 228 g/mol. The Hall–Kier alpha value is -1.36. The minimum Gasteiger partial charge on any atom is -0.341 e. The highest BCUT2D eigenvalue weighted by Crippen LogP contribution is 2.12. The molecule has 1 aromatic heterocycles. The average Bonchev–Trinajstić information content (AvgIpc) is 2.92. The highest BCUT2D eigenvalue weighted by molar-refractivity contribution is 5.83. The molecule has 1 saturated heterocycles. The first-order chi connectivity index (χ1) is 8.72. The van der Waals surface area contributed by atoms with Crippen molar-refractivity contribution in [3.8, 4) is 0 Å². The summed E-state index contributed by atoms with van der Waals surface area (Å²) in [5.74, 6) is 1.28. The maximum atomic E-state index is 12.1. The number of aryl methyl sites for hydroxylation is 1. The van der Waals surface area contributed by atoms with Crippen molar-refractivity contribution in [2.75, 3.05) is 19.6 Å². The normalized spacial score (nSPS) is 19.8. The lowest BCUT2D eigenvalue weighted by Gasteiger charge is -2.16. The third-order valence-corrected chi connectivity index (χ3v) is 3.46. The zero-order valence-electron chi connectivity index (χ0n) is 11.2. The van der Waals surface area contributed by atoms with Crippen LogP contribution in [0.5, 0.6) is 0 Å².